The molecule has 0 atom stereocenters. The first-order chi connectivity index (χ1) is 8.63. The molecule has 94 valence electrons. The van der Waals surface area contributed by atoms with E-state index in [4.69, 9.17) is 11.6 Å². The van der Waals surface area contributed by atoms with Crippen LogP contribution in [0.4, 0.5) is 11.4 Å². The van der Waals surface area contributed by atoms with Crippen LogP contribution in [0.5, 0.6) is 0 Å². The molecule has 0 unspecified atom stereocenters. The van der Waals surface area contributed by atoms with Gasteiger partial charge in [-0.1, -0.05) is 29.8 Å². The van der Waals surface area contributed by atoms with Gasteiger partial charge in [-0.05, 0) is 36.8 Å². The van der Waals surface area contributed by atoms with Gasteiger partial charge < -0.3 is 10.0 Å². The molecule has 0 aliphatic rings. The number of benzene rings is 2. The van der Waals surface area contributed by atoms with Crippen molar-refractivity contribution in [3.05, 3.63) is 58.6 Å². The number of nitrogens with zero attached hydrogens (tertiary/aromatic N) is 1. The summed E-state index contributed by atoms with van der Waals surface area (Å²) in [6.45, 7) is 1.99. The molecule has 2 rings (SSSR count). The molecule has 1 N–H and O–H groups in total. The number of aliphatic hydroxyl groups is 1. The zero-order chi connectivity index (χ0) is 13.1. The summed E-state index contributed by atoms with van der Waals surface area (Å²) in [7, 11) is 1.97. The Labute approximate surface area is 112 Å². The molecule has 0 saturated heterocycles. The predicted molar refractivity (Wildman–Crippen MR) is 76.6 cm³/mol. The Bertz CT molecular complexity index is 554. The van der Waals surface area contributed by atoms with Gasteiger partial charge in [0.15, 0.2) is 0 Å². The van der Waals surface area contributed by atoms with E-state index in [9.17, 15) is 5.11 Å². The van der Waals surface area contributed by atoms with E-state index in [1.54, 1.807) is 6.07 Å². The minimum absolute atomic E-state index is 0.0643. The Morgan fingerprint density at radius 2 is 1.89 bits per heavy atom. The number of halogens is 1. The molecule has 2 nitrogen and oxygen atoms in total. The van der Waals surface area contributed by atoms with E-state index in [0.717, 1.165) is 16.9 Å². The van der Waals surface area contributed by atoms with Gasteiger partial charge in [0, 0.05) is 29.0 Å². The van der Waals surface area contributed by atoms with Crippen molar-refractivity contribution in [2.45, 2.75) is 13.5 Å². The highest BCUT2D eigenvalue weighted by Gasteiger charge is 2.11. The van der Waals surface area contributed by atoms with Crippen LogP contribution in [0.3, 0.4) is 0 Å². The van der Waals surface area contributed by atoms with E-state index in [1.807, 2.05) is 36.2 Å². The fourth-order valence-electron chi connectivity index (χ4n) is 1.99. The third-order valence-corrected chi connectivity index (χ3v) is 3.36. The van der Waals surface area contributed by atoms with Gasteiger partial charge in [0.1, 0.15) is 0 Å². The number of hydrogen-bond donors (Lipinski definition) is 1. The first kappa shape index (κ1) is 12.9. The van der Waals surface area contributed by atoms with Gasteiger partial charge in [-0.2, -0.15) is 0 Å². The van der Waals surface area contributed by atoms with Crippen LogP contribution in [0.15, 0.2) is 42.5 Å². The van der Waals surface area contributed by atoms with Crippen molar-refractivity contribution < 1.29 is 5.11 Å². The maximum Gasteiger partial charge on any atom is 0.0716 e. The Morgan fingerprint density at radius 3 is 2.56 bits per heavy atom. The van der Waals surface area contributed by atoms with Crippen molar-refractivity contribution in [2.24, 2.45) is 0 Å². The molecule has 3 heteroatoms. The van der Waals surface area contributed by atoms with Crippen LogP contribution < -0.4 is 4.90 Å². The van der Waals surface area contributed by atoms with Crippen LogP contribution in [-0.4, -0.2) is 12.2 Å². The lowest BCUT2D eigenvalue weighted by molar-refractivity contribution is 0.282. The van der Waals surface area contributed by atoms with Gasteiger partial charge in [-0.3, -0.25) is 0 Å². The minimum atomic E-state index is -0.0643. The zero-order valence-electron chi connectivity index (χ0n) is 10.5. The first-order valence-corrected chi connectivity index (χ1v) is 6.20. The van der Waals surface area contributed by atoms with Gasteiger partial charge in [0.2, 0.25) is 0 Å². The largest absolute Gasteiger partial charge is 0.392 e. The van der Waals surface area contributed by atoms with E-state index < -0.39 is 0 Å². The highest BCUT2D eigenvalue weighted by molar-refractivity contribution is 6.31. The summed E-state index contributed by atoms with van der Waals surface area (Å²) in [6, 6.07) is 13.9. The molecule has 18 heavy (non-hydrogen) atoms. The Morgan fingerprint density at radius 1 is 1.17 bits per heavy atom. The van der Waals surface area contributed by atoms with Crippen molar-refractivity contribution in [3.8, 4) is 0 Å². The number of anilines is 2. The van der Waals surface area contributed by atoms with Gasteiger partial charge in [-0.25, -0.2) is 0 Å². The quantitative estimate of drug-likeness (QED) is 0.906. The van der Waals surface area contributed by atoms with Crippen molar-refractivity contribution in [1.29, 1.82) is 0 Å². The minimum Gasteiger partial charge on any atom is -0.392 e. The van der Waals surface area contributed by atoms with Gasteiger partial charge in [0.05, 0.1) is 6.61 Å². The monoisotopic (exact) mass is 261 g/mol. The molecule has 0 amide bonds. The van der Waals surface area contributed by atoms with Crippen molar-refractivity contribution >= 4 is 23.0 Å². The van der Waals surface area contributed by atoms with E-state index in [-0.39, 0.29) is 6.61 Å². The van der Waals surface area contributed by atoms with Crippen LogP contribution >= 0.6 is 11.6 Å². The van der Waals surface area contributed by atoms with Crippen molar-refractivity contribution in [2.75, 3.05) is 11.9 Å². The lowest BCUT2D eigenvalue weighted by atomic mass is 10.1. The molecular formula is C15H16ClNO. The second-order valence-electron chi connectivity index (χ2n) is 4.29. The maximum absolute atomic E-state index is 9.44. The standard InChI is InChI=1S/C15H16ClNO/c1-11-5-3-6-12(9-11)17(2)15-8-4-7-14(16)13(15)10-18/h3-9,18H,10H2,1-2H3. The highest BCUT2D eigenvalue weighted by Crippen LogP contribution is 2.31. The van der Waals surface area contributed by atoms with Gasteiger partial charge in [0.25, 0.3) is 0 Å². The van der Waals surface area contributed by atoms with E-state index in [0.29, 0.717) is 5.02 Å². The maximum atomic E-state index is 9.44. The lowest BCUT2D eigenvalue weighted by Gasteiger charge is -2.23. The van der Waals surface area contributed by atoms with Gasteiger partial charge in [-0.15, -0.1) is 0 Å². The molecule has 0 bridgehead atoms. The first-order valence-electron chi connectivity index (χ1n) is 5.82. The molecule has 2 aromatic rings. The second kappa shape index (κ2) is 5.42. The normalized spacial score (nSPS) is 10.4. The van der Waals surface area contributed by atoms with Gasteiger partial charge >= 0.3 is 0 Å². The Hall–Kier alpha value is -1.51. The van der Waals surface area contributed by atoms with E-state index >= 15 is 0 Å². The number of hydrogen-bond acceptors (Lipinski definition) is 2. The average molecular weight is 262 g/mol. The average Bonchev–Trinajstić information content (AvgIpc) is 2.37. The fraction of sp³-hybridized carbons (Fsp3) is 0.200. The summed E-state index contributed by atoms with van der Waals surface area (Å²) >= 11 is 6.11. The van der Waals surface area contributed by atoms with E-state index in [2.05, 4.69) is 19.1 Å². The Balaban J connectivity index is 2.46. The summed E-state index contributed by atoms with van der Waals surface area (Å²) < 4.78 is 0. The van der Waals surface area contributed by atoms with Crippen LogP contribution in [0, 0.1) is 6.92 Å². The molecule has 2 aromatic carbocycles. The van der Waals surface area contributed by atoms with Crippen molar-refractivity contribution in [1.82, 2.24) is 0 Å². The highest BCUT2D eigenvalue weighted by atomic mass is 35.5. The van der Waals surface area contributed by atoms with Crippen LogP contribution in [-0.2, 0) is 6.61 Å². The summed E-state index contributed by atoms with van der Waals surface area (Å²) in [5.41, 5.74) is 3.96. The summed E-state index contributed by atoms with van der Waals surface area (Å²) in [4.78, 5) is 2.03. The third-order valence-electron chi connectivity index (χ3n) is 3.00. The second-order valence-corrected chi connectivity index (χ2v) is 4.70. The molecule has 0 spiro atoms. The molecule has 0 aromatic heterocycles. The van der Waals surface area contributed by atoms with Crippen LogP contribution in [0.2, 0.25) is 5.02 Å². The summed E-state index contributed by atoms with van der Waals surface area (Å²) in [5.74, 6) is 0. The van der Waals surface area contributed by atoms with E-state index in [1.165, 1.54) is 5.56 Å². The molecule has 0 aliphatic carbocycles. The molecule has 0 heterocycles. The number of rotatable bonds is 3. The molecule has 0 saturated carbocycles. The summed E-state index contributed by atoms with van der Waals surface area (Å²) in [5, 5.41) is 10.0. The molecular weight excluding hydrogens is 246 g/mol. The Kier molecular flexibility index (Phi) is 3.90. The molecule has 0 radical (unpaired) electrons. The number of aryl methyl sites for hydroxylation is 1. The topological polar surface area (TPSA) is 23.5 Å². The van der Waals surface area contributed by atoms with Crippen molar-refractivity contribution in [3.63, 3.8) is 0 Å². The summed E-state index contributed by atoms with van der Waals surface area (Å²) in [6.07, 6.45) is 0. The predicted octanol–water partition coefficient (Wildman–Crippen LogP) is 3.91. The zero-order valence-corrected chi connectivity index (χ0v) is 11.3. The SMILES string of the molecule is Cc1cccc(N(C)c2cccc(Cl)c2CO)c1. The molecule has 0 fully saturated rings. The third kappa shape index (κ3) is 2.50. The molecule has 0 aliphatic heterocycles. The fourth-order valence-corrected chi connectivity index (χ4v) is 2.22. The lowest BCUT2D eigenvalue weighted by Crippen LogP contribution is -2.12. The number of aliphatic hydroxyl groups excluding tert-OH is 1. The smallest absolute Gasteiger partial charge is 0.0716 e. The van der Waals surface area contributed by atoms with Crippen LogP contribution in [0.1, 0.15) is 11.1 Å². The van der Waals surface area contributed by atoms with Crippen LogP contribution in [0.25, 0.3) is 0 Å².